The zero-order valence-corrected chi connectivity index (χ0v) is 26.4. The summed E-state index contributed by atoms with van der Waals surface area (Å²) >= 11 is 0. The lowest BCUT2D eigenvalue weighted by atomic mass is 9.89. The second kappa shape index (κ2) is 14.6. The molecule has 47 heavy (non-hydrogen) atoms. The lowest BCUT2D eigenvalue weighted by Crippen LogP contribution is -2.66. The summed E-state index contributed by atoms with van der Waals surface area (Å²) in [5.41, 5.74) is 4.13. The van der Waals surface area contributed by atoms with E-state index in [1.807, 2.05) is 133 Å². The molecule has 0 unspecified atom stereocenters. The fourth-order valence-electron chi connectivity index (χ4n) is 6.20. The SMILES string of the molecule is C[C@]12C=C[C@@]([C@@H]3O[C@H](COCc4ccccc4)[C@@H](OCc4ccccc4)[C@H](OCc4ccccc4)[C@H]3OCc3ccccc3)(OO1)O2. The van der Waals surface area contributed by atoms with Crippen LogP contribution in [0.25, 0.3) is 0 Å². The molecule has 2 saturated heterocycles. The molecule has 0 saturated carbocycles. The Hall–Kier alpha value is -3.70. The summed E-state index contributed by atoms with van der Waals surface area (Å²) in [7, 11) is 0. The van der Waals surface area contributed by atoms with E-state index in [0.29, 0.717) is 26.4 Å². The van der Waals surface area contributed by atoms with E-state index in [1.165, 1.54) is 0 Å². The molecule has 4 aromatic rings. The summed E-state index contributed by atoms with van der Waals surface area (Å²) in [5, 5.41) is 0. The predicted molar refractivity (Wildman–Crippen MR) is 173 cm³/mol. The van der Waals surface area contributed by atoms with Gasteiger partial charge >= 0.3 is 0 Å². The van der Waals surface area contributed by atoms with Gasteiger partial charge in [-0.05, 0) is 41.3 Å². The van der Waals surface area contributed by atoms with Crippen molar-refractivity contribution in [2.45, 2.75) is 75.4 Å². The monoisotopic (exact) mass is 636 g/mol. The maximum Gasteiger partial charge on any atom is 0.253 e. The van der Waals surface area contributed by atoms with Gasteiger partial charge < -0.3 is 28.4 Å². The van der Waals surface area contributed by atoms with E-state index < -0.39 is 42.1 Å². The molecule has 3 aliphatic heterocycles. The zero-order chi connectivity index (χ0) is 31.9. The van der Waals surface area contributed by atoms with Gasteiger partial charge in [0, 0.05) is 0 Å². The topological polar surface area (TPSA) is 73.8 Å². The fraction of sp³-hybridized carbons (Fsp3) is 0.333. The van der Waals surface area contributed by atoms with Gasteiger partial charge in [-0.2, -0.15) is 9.78 Å². The molecular weight excluding hydrogens is 596 g/mol. The van der Waals surface area contributed by atoms with E-state index >= 15 is 0 Å². The van der Waals surface area contributed by atoms with Crippen molar-refractivity contribution in [3.8, 4) is 0 Å². The molecule has 0 aliphatic carbocycles. The number of hydrogen-bond donors (Lipinski definition) is 0. The molecule has 8 nitrogen and oxygen atoms in total. The molecule has 8 heteroatoms. The first-order valence-corrected chi connectivity index (χ1v) is 16.1. The molecule has 2 fully saturated rings. The van der Waals surface area contributed by atoms with E-state index in [1.54, 1.807) is 6.92 Å². The Morgan fingerprint density at radius 1 is 0.532 bits per heavy atom. The maximum absolute atomic E-state index is 6.92. The highest BCUT2D eigenvalue weighted by Crippen LogP contribution is 2.48. The minimum atomic E-state index is -1.35. The van der Waals surface area contributed by atoms with Crippen LogP contribution in [0.15, 0.2) is 133 Å². The number of fused-ring (bicyclic) bond motifs is 2. The van der Waals surface area contributed by atoms with Crippen LogP contribution in [0.5, 0.6) is 0 Å². The van der Waals surface area contributed by atoms with Crippen molar-refractivity contribution < 1.29 is 38.2 Å². The van der Waals surface area contributed by atoms with Crippen LogP contribution in [-0.2, 0) is 64.6 Å². The Morgan fingerprint density at radius 3 is 1.45 bits per heavy atom. The number of ether oxygens (including phenoxy) is 6. The third-order valence-corrected chi connectivity index (χ3v) is 8.60. The van der Waals surface area contributed by atoms with Crippen molar-refractivity contribution in [1.82, 2.24) is 0 Å². The van der Waals surface area contributed by atoms with Crippen molar-refractivity contribution in [2.24, 2.45) is 0 Å². The molecule has 7 rings (SSSR count). The first-order chi connectivity index (χ1) is 23.1. The Labute approximate surface area is 275 Å². The van der Waals surface area contributed by atoms with Crippen molar-refractivity contribution >= 4 is 0 Å². The maximum atomic E-state index is 6.92. The average Bonchev–Trinajstić information content (AvgIpc) is 3.66. The van der Waals surface area contributed by atoms with Crippen molar-refractivity contribution in [2.75, 3.05) is 6.61 Å². The highest BCUT2D eigenvalue weighted by molar-refractivity contribution is 5.20. The van der Waals surface area contributed by atoms with E-state index in [2.05, 4.69) is 0 Å². The first kappa shape index (κ1) is 31.9. The molecule has 0 radical (unpaired) electrons. The smallest absolute Gasteiger partial charge is 0.253 e. The van der Waals surface area contributed by atoms with Gasteiger partial charge in [0.05, 0.1) is 33.0 Å². The molecule has 0 spiro atoms. The molecule has 0 N–H and O–H groups in total. The normalized spacial score (nSPS) is 29.7. The van der Waals surface area contributed by atoms with Gasteiger partial charge in [0.25, 0.3) is 5.79 Å². The molecular formula is C39H40O8. The Balaban J connectivity index is 1.23. The van der Waals surface area contributed by atoms with Crippen LogP contribution in [0, 0.1) is 0 Å². The fourth-order valence-corrected chi connectivity index (χ4v) is 6.20. The Bertz CT molecular complexity index is 1570. The predicted octanol–water partition coefficient (Wildman–Crippen LogP) is 6.69. The Kier molecular flexibility index (Phi) is 9.90. The number of benzene rings is 4. The van der Waals surface area contributed by atoms with Gasteiger partial charge in [-0.3, -0.25) is 0 Å². The quantitative estimate of drug-likeness (QED) is 0.112. The van der Waals surface area contributed by atoms with Gasteiger partial charge in [0.2, 0.25) is 5.79 Å². The van der Waals surface area contributed by atoms with Gasteiger partial charge in [-0.15, -0.1) is 0 Å². The second-order valence-corrected chi connectivity index (χ2v) is 12.2. The molecule has 244 valence electrons. The highest BCUT2D eigenvalue weighted by atomic mass is 17.3. The van der Waals surface area contributed by atoms with Gasteiger partial charge in [0.1, 0.15) is 30.5 Å². The lowest BCUT2D eigenvalue weighted by Gasteiger charge is -2.48. The van der Waals surface area contributed by atoms with Crippen molar-refractivity contribution in [3.05, 3.63) is 156 Å². The summed E-state index contributed by atoms with van der Waals surface area (Å²) < 4.78 is 39.9. The van der Waals surface area contributed by atoms with Crippen LogP contribution < -0.4 is 0 Å². The molecule has 3 aliphatic rings. The number of hydrogen-bond acceptors (Lipinski definition) is 8. The van der Waals surface area contributed by atoms with E-state index in [-0.39, 0.29) is 6.61 Å². The third kappa shape index (κ3) is 7.56. The second-order valence-electron chi connectivity index (χ2n) is 12.2. The minimum absolute atomic E-state index is 0.235. The van der Waals surface area contributed by atoms with Crippen LogP contribution in [-0.4, -0.2) is 48.7 Å². The standard InChI is InChI=1S/C39H40O8/c1-38-22-23-39(45-38,47-46-38)37-36(43-27-32-20-12-5-13-21-32)35(42-26-31-18-10-4-11-19-31)34(41-25-30-16-8-3-9-17-30)33(44-37)28-40-24-29-14-6-2-7-15-29/h2-23,33-37H,24-28H2,1H3/t33-,34-,35+,36-,37-,38-,39+/m1/s1. The average molecular weight is 637 g/mol. The van der Waals surface area contributed by atoms with Crippen LogP contribution in [0.1, 0.15) is 29.2 Å². The summed E-state index contributed by atoms with van der Waals surface area (Å²) in [5.74, 6) is -2.39. The van der Waals surface area contributed by atoms with E-state index in [9.17, 15) is 0 Å². The minimum Gasteiger partial charge on any atom is -0.374 e. The molecule has 4 aromatic carbocycles. The molecule has 0 aromatic heterocycles. The third-order valence-electron chi connectivity index (χ3n) is 8.60. The van der Waals surface area contributed by atoms with Crippen LogP contribution >= 0.6 is 0 Å². The Morgan fingerprint density at radius 2 is 1.00 bits per heavy atom. The van der Waals surface area contributed by atoms with Crippen molar-refractivity contribution in [1.29, 1.82) is 0 Å². The van der Waals surface area contributed by atoms with E-state index in [0.717, 1.165) is 22.3 Å². The summed E-state index contributed by atoms with van der Waals surface area (Å²) in [6.45, 7) is 3.46. The van der Waals surface area contributed by atoms with E-state index in [4.69, 9.17) is 38.2 Å². The highest BCUT2D eigenvalue weighted by Gasteiger charge is 2.64. The summed E-state index contributed by atoms with van der Waals surface area (Å²) in [6.07, 6.45) is 0.491. The zero-order valence-electron chi connectivity index (χ0n) is 26.4. The van der Waals surface area contributed by atoms with Gasteiger partial charge in [-0.25, -0.2) is 0 Å². The molecule has 3 heterocycles. The molecule has 7 atom stereocenters. The van der Waals surface area contributed by atoms with Gasteiger partial charge in [0.15, 0.2) is 0 Å². The first-order valence-electron chi connectivity index (χ1n) is 16.1. The molecule has 0 amide bonds. The van der Waals surface area contributed by atoms with Crippen LogP contribution in [0.3, 0.4) is 0 Å². The largest absolute Gasteiger partial charge is 0.374 e. The lowest BCUT2D eigenvalue weighted by molar-refractivity contribution is -0.380. The van der Waals surface area contributed by atoms with Crippen molar-refractivity contribution in [3.63, 3.8) is 0 Å². The van der Waals surface area contributed by atoms with Gasteiger partial charge in [-0.1, -0.05) is 121 Å². The van der Waals surface area contributed by atoms with Crippen LogP contribution in [0.4, 0.5) is 0 Å². The summed E-state index contributed by atoms with van der Waals surface area (Å²) in [6, 6.07) is 40.2. The van der Waals surface area contributed by atoms with Crippen LogP contribution in [0.2, 0.25) is 0 Å². The number of rotatable bonds is 14. The summed E-state index contributed by atoms with van der Waals surface area (Å²) in [4.78, 5) is 11.5. The molecule has 2 bridgehead atoms.